The molecule has 0 amide bonds. The number of nitrogens with one attached hydrogen (secondary N) is 1. The molecule has 17 heavy (non-hydrogen) atoms. The summed E-state index contributed by atoms with van der Waals surface area (Å²) in [6.07, 6.45) is 0.117. The molecule has 2 atom stereocenters. The Morgan fingerprint density at radius 3 is 2.65 bits per heavy atom. The molecular weight excluding hydrogens is 220 g/mol. The van der Waals surface area contributed by atoms with Crippen molar-refractivity contribution in [3.63, 3.8) is 0 Å². The van der Waals surface area contributed by atoms with Gasteiger partial charge in [0.2, 0.25) is 0 Å². The van der Waals surface area contributed by atoms with Crippen molar-refractivity contribution >= 4 is 11.4 Å². The smallest absolute Gasteiger partial charge is 0.295 e. The van der Waals surface area contributed by atoms with Crippen LogP contribution >= 0.6 is 0 Å². The number of benzene rings is 1. The van der Waals surface area contributed by atoms with Crippen molar-refractivity contribution in [1.82, 2.24) is 0 Å². The molecule has 0 aliphatic rings. The van der Waals surface area contributed by atoms with E-state index in [1.54, 1.807) is 32.0 Å². The lowest BCUT2D eigenvalue weighted by molar-refractivity contribution is -0.384. The number of hydrogen-bond donors (Lipinski definition) is 2. The van der Waals surface area contributed by atoms with Gasteiger partial charge in [-0.2, -0.15) is 0 Å². The lowest BCUT2D eigenvalue weighted by Crippen LogP contribution is -2.21. The summed E-state index contributed by atoms with van der Waals surface area (Å²) in [6.45, 7) is 5.30. The zero-order valence-electron chi connectivity index (χ0n) is 10.3. The van der Waals surface area contributed by atoms with Crippen molar-refractivity contribution in [2.24, 2.45) is 0 Å². The van der Waals surface area contributed by atoms with Crippen molar-refractivity contribution in [2.75, 3.05) is 5.32 Å². The highest BCUT2D eigenvalue weighted by Gasteiger charge is 2.18. The zero-order valence-corrected chi connectivity index (χ0v) is 10.3. The minimum atomic E-state index is -0.429. The topological polar surface area (TPSA) is 75.4 Å². The number of para-hydroxylation sites is 1. The van der Waals surface area contributed by atoms with E-state index in [9.17, 15) is 15.2 Å². The fourth-order valence-corrected chi connectivity index (χ4v) is 1.85. The maximum Gasteiger partial charge on any atom is 0.295 e. The molecule has 5 heteroatoms. The minimum absolute atomic E-state index is 0.0181. The average molecular weight is 238 g/mol. The number of nitro benzene ring substituents is 1. The van der Waals surface area contributed by atoms with Crippen LogP contribution in [0.3, 0.4) is 0 Å². The van der Waals surface area contributed by atoms with E-state index in [1.807, 2.05) is 6.92 Å². The number of hydrogen-bond acceptors (Lipinski definition) is 4. The summed E-state index contributed by atoms with van der Waals surface area (Å²) in [7, 11) is 0. The Balaban J connectivity index is 2.91. The van der Waals surface area contributed by atoms with Gasteiger partial charge in [0, 0.05) is 11.6 Å². The largest absolute Gasteiger partial charge is 0.393 e. The highest BCUT2D eigenvalue weighted by molar-refractivity contribution is 5.65. The number of nitrogens with zero attached hydrogens (tertiary/aromatic N) is 1. The zero-order chi connectivity index (χ0) is 13.0. The highest BCUT2D eigenvalue weighted by atomic mass is 16.6. The number of rotatable bonds is 5. The summed E-state index contributed by atoms with van der Waals surface area (Å²) in [4.78, 5) is 10.6. The second-order valence-corrected chi connectivity index (χ2v) is 4.36. The lowest BCUT2D eigenvalue weighted by Gasteiger charge is -2.17. The lowest BCUT2D eigenvalue weighted by atomic mass is 10.1. The molecule has 0 heterocycles. The Kier molecular flexibility index (Phi) is 4.45. The number of nitro groups is 1. The number of aliphatic hydroxyl groups excluding tert-OH is 1. The molecule has 2 unspecified atom stereocenters. The van der Waals surface area contributed by atoms with Crippen LogP contribution in [0.25, 0.3) is 0 Å². The fraction of sp³-hybridized carbons (Fsp3) is 0.500. The van der Waals surface area contributed by atoms with Crippen LogP contribution in [0.15, 0.2) is 18.2 Å². The summed E-state index contributed by atoms with van der Waals surface area (Å²) in [5.74, 6) is 0. The van der Waals surface area contributed by atoms with E-state index in [4.69, 9.17) is 0 Å². The fourth-order valence-electron chi connectivity index (χ4n) is 1.85. The molecule has 0 aliphatic heterocycles. The van der Waals surface area contributed by atoms with Gasteiger partial charge in [0.05, 0.1) is 11.0 Å². The summed E-state index contributed by atoms with van der Waals surface area (Å²) in [5.41, 5.74) is 1.23. The second kappa shape index (κ2) is 5.63. The average Bonchev–Trinajstić information content (AvgIpc) is 2.15. The Morgan fingerprint density at radius 2 is 2.12 bits per heavy atom. The van der Waals surface area contributed by atoms with Gasteiger partial charge in [0.25, 0.3) is 5.69 Å². The van der Waals surface area contributed by atoms with Gasteiger partial charge in [0.1, 0.15) is 5.69 Å². The van der Waals surface area contributed by atoms with Crippen LogP contribution in [0, 0.1) is 17.0 Å². The normalized spacial score (nSPS) is 14.1. The van der Waals surface area contributed by atoms with E-state index in [0.717, 1.165) is 0 Å². The molecule has 0 fully saturated rings. The number of anilines is 1. The summed E-state index contributed by atoms with van der Waals surface area (Å²) >= 11 is 0. The first-order valence-electron chi connectivity index (χ1n) is 5.60. The molecule has 0 radical (unpaired) electrons. The van der Waals surface area contributed by atoms with E-state index in [0.29, 0.717) is 17.7 Å². The van der Waals surface area contributed by atoms with Gasteiger partial charge < -0.3 is 10.4 Å². The van der Waals surface area contributed by atoms with Gasteiger partial charge >= 0.3 is 0 Å². The molecule has 5 nitrogen and oxygen atoms in total. The molecule has 0 aromatic heterocycles. The Morgan fingerprint density at radius 1 is 1.47 bits per heavy atom. The van der Waals surface area contributed by atoms with Crippen LogP contribution in [-0.4, -0.2) is 22.2 Å². The molecule has 0 saturated heterocycles. The molecule has 0 bridgehead atoms. The maximum atomic E-state index is 11.0. The van der Waals surface area contributed by atoms with Crippen molar-refractivity contribution in [3.05, 3.63) is 33.9 Å². The van der Waals surface area contributed by atoms with E-state index < -0.39 is 6.10 Å². The quantitative estimate of drug-likeness (QED) is 0.610. The monoisotopic (exact) mass is 238 g/mol. The maximum absolute atomic E-state index is 11.0. The highest BCUT2D eigenvalue weighted by Crippen LogP contribution is 2.28. The third-order valence-corrected chi connectivity index (χ3v) is 2.52. The van der Waals surface area contributed by atoms with Crippen LogP contribution in [-0.2, 0) is 0 Å². The SMILES string of the molecule is Cc1cccc(NC(C)CC(C)O)c1[N+](=O)[O-]. The first-order valence-corrected chi connectivity index (χ1v) is 5.60. The van der Waals surface area contributed by atoms with Gasteiger partial charge in [0.15, 0.2) is 0 Å². The van der Waals surface area contributed by atoms with Crippen LogP contribution in [0.4, 0.5) is 11.4 Å². The van der Waals surface area contributed by atoms with Gasteiger partial charge in [-0.25, -0.2) is 0 Å². The summed E-state index contributed by atoms with van der Waals surface area (Å²) < 4.78 is 0. The molecule has 1 aromatic carbocycles. The number of aryl methyl sites for hydroxylation is 1. The van der Waals surface area contributed by atoms with Crippen molar-refractivity contribution in [2.45, 2.75) is 39.3 Å². The minimum Gasteiger partial charge on any atom is -0.393 e. The Bertz CT molecular complexity index is 405. The van der Waals surface area contributed by atoms with E-state index >= 15 is 0 Å². The van der Waals surface area contributed by atoms with Gasteiger partial charge in [-0.15, -0.1) is 0 Å². The molecule has 2 N–H and O–H groups in total. The van der Waals surface area contributed by atoms with Gasteiger partial charge in [-0.1, -0.05) is 12.1 Å². The van der Waals surface area contributed by atoms with E-state index in [2.05, 4.69) is 5.32 Å². The van der Waals surface area contributed by atoms with Gasteiger partial charge in [-0.05, 0) is 33.3 Å². The molecule has 94 valence electrons. The molecular formula is C12H18N2O3. The first-order chi connectivity index (χ1) is 7.91. The molecule has 1 aromatic rings. The molecule has 0 aliphatic carbocycles. The third-order valence-electron chi connectivity index (χ3n) is 2.52. The second-order valence-electron chi connectivity index (χ2n) is 4.36. The predicted molar refractivity (Wildman–Crippen MR) is 67.2 cm³/mol. The van der Waals surface area contributed by atoms with E-state index in [1.165, 1.54) is 0 Å². The molecule has 1 rings (SSSR count). The summed E-state index contributed by atoms with van der Waals surface area (Å²) in [6, 6.07) is 5.15. The van der Waals surface area contributed by atoms with Crippen LogP contribution in [0.5, 0.6) is 0 Å². The summed E-state index contributed by atoms with van der Waals surface area (Å²) in [5, 5.41) is 23.3. The van der Waals surface area contributed by atoms with Crippen LogP contribution in [0.2, 0.25) is 0 Å². The van der Waals surface area contributed by atoms with Crippen LogP contribution in [0.1, 0.15) is 25.8 Å². The van der Waals surface area contributed by atoms with Gasteiger partial charge in [-0.3, -0.25) is 10.1 Å². The molecule has 0 saturated carbocycles. The third kappa shape index (κ3) is 3.71. The first kappa shape index (κ1) is 13.4. The van der Waals surface area contributed by atoms with Crippen molar-refractivity contribution < 1.29 is 10.0 Å². The standard InChI is InChI=1S/C12H18N2O3/c1-8-5-4-6-11(12(8)14(16)17)13-9(2)7-10(3)15/h4-6,9-10,13,15H,7H2,1-3H3. The van der Waals surface area contributed by atoms with Crippen LogP contribution < -0.4 is 5.32 Å². The van der Waals surface area contributed by atoms with E-state index in [-0.39, 0.29) is 16.7 Å². The van der Waals surface area contributed by atoms with Crippen molar-refractivity contribution in [3.8, 4) is 0 Å². The molecule has 0 spiro atoms. The van der Waals surface area contributed by atoms with Crippen molar-refractivity contribution in [1.29, 1.82) is 0 Å². The Hall–Kier alpha value is -1.62. The number of aliphatic hydroxyl groups is 1. The Labute approximate surface area is 101 Å². The predicted octanol–water partition coefficient (Wildman–Crippen LogP) is 2.47.